The summed E-state index contributed by atoms with van der Waals surface area (Å²) in [5.74, 6) is 0. The Bertz CT molecular complexity index is 3650. The predicted molar refractivity (Wildman–Crippen MR) is 272 cm³/mol. The van der Waals surface area contributed by atoms with Crippen LogP contribution in [0.15, 0.2) is 176 Å². The molecule has 0 spiro atoms. The molecule has 5 heteroatoms. The van der Waals surface area contributed by atoms with Crippen LogP contribution in [0.2, 0.25) is 0 Å². The number of hydrogen-bond donors (Lipinski definition) is 0. The number of nitrogens with zero attached hydrogens (tertiary/aromatic N) is 2. The normalized spacial score (nSPS) is 13.4. The average molecular weight is 829 g/mol. The van der Waals surface area contributed by atoms with E-state index in [9.17, 15) is 0 Å². The lowest BCUT2D eigenvalue weighted by atomic mass is 9.43. The molecule has 0 unspecified atom stereocenters. The van der Waals surface area contributed by atoms with Crippen LogP contribution < -0.4 is 20.6 Å². The van der Waals surface area contributed by atoms with E-state index in [0.29, 0.717) is 0 Å². The van der Waals surface area contributed by atoms with E-state index in [-0.39, 0.29) is 12.3 Å². The van der Waals surface area contributed by atoms with Gasteiger partial charge in [-0.05, 0) is 111 Å². The Morgan fingerprint density at radius 1 is 0.484 bits per heavy atom. The highest BCUT2D eigenvalue weighted by molar-refractivity contribution is 7.27. The molecule has 0 N–H and O–H groups in total. The summed E-state index contributed by atoms with van der Waals surface area (Å²) in [6.45, 7) is 9.15. The van der Waals surface area contributed by atoms with Crippen LogP contribution in [0, 0.1) is 6.92 Å². The maximum Gasteiger partial charge on any atom is 0.333 e. The monoisotopic (exact) mass is 828 g/mol. The standard InChI is InChI=1S/C57H41BN2S2/c1-34-28-39(57(2,3)4)24-27-47(34)59-49-33-53-43(41-18-10-12-20-51(41)61-53)31-46(49)58-55-50(59)32-44-42-19-11-13-21-52(42)62-56(44)54(55)45-29-37-16-8-9-17-38(37)30-48(45)60(58)40-25-22-36(23-26-40)35-14-6-5-7-15-35/h5-33H,1-4H3. The third-order valence-electron chi connectivity index (χ3n) is 13.5. The largest absolute Gasteiger partial charge is 0.376 e. The Morgan fingerprint density at radius 2 is 1.15 bits per heavy atom. The molecule has 2 aliphatic heterocycles. The molecule has 11 aromatic rings. The van der Waals surface area contributed by atoms with Gasteiger partial charge in [0.25, 0.3) is 0 Å². The summed E-state index contributed by atoms with van der Waals surface area (Å²) >= 11 is 3.85. The molecule has 0 atom stereocenters. The summed E-state index contributed by atoms with van der Waals surface area (Å²) in [7, 11) is 0. The number of hydrogen-bond acceptors (Lipinski definition) is 4. The van der Waals surface area contributed by atoms with Gasteiger partial charge in [-0.3, -0.25) is 0 Å². The van der Waals surface area contributed by atoms with Crippen LogP contribution in [0.3, 0.4) is 0 Å². The fraction of sp³-hybridized carbons (Fsp3) is 0.0877. The third kappa shape index (κ3) is 5.22. The van der Waals surface area contributed by atoms with Crippen LogP contribution in [-0.4, -0.2) is 6.85 Å². The summed E-state index contributed by atoms with van der Waals surface area (Å²) < 4.78 is 5.31. The SMILES string of the molecule is Cc1cc(C(C)(C)C)ccc1N1c2cc3sc4ccccc4c3cc2B2c3c1cc1c(sc4ccccc41)c3-c1cc3ccccc3cc1N2c1ccc(-c2ccccc2)cc1. The van der Waals surface area contributed by atoms with Crippen LogP contribution in [-0.2, 0) is 5.41 Å². The zero-order valence-corrected chi connectivity index (χ0v) is 36.7. The van der Waals surface area contributed by atoms with Gasteiger partial charge in [0.2, 0.25) is 0 Å². The number of anilines is 5. The maximum atomic E-state index is 2.67. The van der Waals surface area contributed by atoms with Gasteiger partial charge in [-0.2, -0.15) is 0 Å². The van der Waals surface area contributed by atoms with Crippen LogP contribution in [0.25, 0.3) is 73.4 Å². The smallest absolute Gasteiger partial charge is 0.333 e. The summed E-state index contributed by atoms with van der Waals surface area (Å²) in [5.41, 5.74) is 16.6. The van der Waals surface area contributed by atoms with Crippen molar-refractivity contribution in [3.05, 3.63) is 187 Å². The van der Waals surface area contributed by atoms with Gasteiger partial charge in [0, 0.05) is 79.9 Å². The fourth-order valence-electron chi connectivity index (χ4n) is 10.5. The molecule has 62 heavy (non-hydrogen) atoms. The third-order valence-corrected chi connectivity index (χ3v) is 15.8. The van der Waals surface area contributed by atoms with Gasteiger partial charge in [-0.15, -0.1) is 22.7 Å². The van der Waals surface area contributed by atoms with Crippen LogP contribution >= 0.6 is 22.7 Å². The van der Waals surface area contributed by atoms with Crippen molar-refractivity contribution in [3.8, 4) is 22.3 Å². The number of benzene rings is 9. The lowest BCUT2D eigenvalue weighted by Crippen LogP contribution is -2.61. The summed E-state index contributed by atoms with van der Waals surface area (Å²) in [5, 5.41) is 7.77. The zero-order chi connectivity index (χ0) is 41.4. The second-order valence-electron chi connectivity index (χ2n) is 18.2. The molecule has 0 saturated carbocycles. The predicted octanol–water partition coefficient (Wildman–Crippen LogP) is 15.6. The van der Waals surface area contributed by atoms with Crippen LogP contribution in [0.1, 0.15) is 31.9 Å². The second-order valence-corrected chi connectivity index (χ2v) is 20.3. The molecule has 0 aliphatic carbocycles. The van der Waals surface area contributed by atoms with Gasteiger partial charge in [-0.1, -0.05) is 142 Å². The minimum absolute atomic E-state index is 0.0359. The first-order valence-corrected chi connectivity index (χ1v) is 23.2. The van der Waals surface area contributed by atoms with Crippen molar-refractivity contribution in [2.75, 3.05) is 9.71 Å². The van der Waals surface area contributed by atoms with E-state index >= 15 is 0 Å². The Morgan fingerprint density at radius 3 is 1.89 bits per heavy atom. The van der Waals surface area contributed by atoms with Crippen molar-refractivity contribution >= 4 is 120 Å². The Labute approximate surface area is 370 Å². The van der Waals surface area contributed by atoms with Crippen molar-refractivity contribution in [1.29, 1.82) is 0 Å². The fourth-order valence-corrected chi connectivity index (χ4v) is 12.8. The first kappa shape index (κ1) is 36.0. The molecule has 0 saturated heterocycles. The van der Waals surface area contributed by atoms with E-state index in [1.165, 1.54) is 124 Å². The summed E-state index contributed by atoms with van der Waals surface area (Å²) in [6.07, 6.45) is 0. The van der Waals surface area contributed by atoms with Gasteiger partial charge in [-0.25, -0.2) is 0 Å². The summed E-state index contributed by atoms with van der Waals surface area (Å²) in [4.78, 5) is 5.30. The molecule has 2 nitrogen and oxygen atoms in total. The quantitative estimate of drug-likeness (QED) is 0.164. The van der Waals surface area contributed by atoms with Crippen molar-refractivity contribution in [1.82, 2.24) is 0 Å². The van der Waals surface area contributed by atoms with Crippen molar-refractivity contribution < 1.29 is 0 Å². The molecule has 0 fully saturated rings. The minimum atomic E-state index is -0.102. The van der Waals surface area contributed by atoms with Crippen molar-refractivity contribution in [2.24, 2.45) is 0 Å². The van der Waals surface area contributed by atoms with E-state index in [2.05, 4.69) is 213 Å². The van der Waals surface area contributed by atoms with Gasteiger partial charge in [0.05, 0.1) is 0 Å². The molecular weight excluding hydrogens is 788 g/mol. The highest BCUT2D eigenvalue weighted by atomic mass is 32.1. The maximum absolute atomic E-state index is 2.67. The van der Waals surface area contributed by atoms with Gasteiger partial charge >= 0.3 is 6.85 Å². The van der Waals surface area contributed by atoms with Gasteiger partial charge in [0.15, 0.2) is 0 Å². The lowest BCUT2D eigenvalue weighted by Gasteiger charge is -2.46. The molecule has 294 valence electrons. The Balaban J connectivity index is 1.20. The van der Waals surface area contributed by atoms with Gasteiger partial charge in [0.1, 0.15) is 0 Å². The highest BCUT2D eigenvalue weighted by Gasteiger charge is 2.47. The molecule has 0 radical (unpaired) electrons. The average Bonchev–Trinajstić information content (AvgIpc) is 3.86. The van der Waals surface area contributed by atoms with E-state index < -0.39 is 0 Å². The van der Waals surface area contributed by atoms with Gasteiger partial charge < -0.3 is 9.71 Å². The van der Waals surface area contributed by atoms with Crippen molar-refractivity contribution in [3.63, 3.8) is 0 Å². The summed E-state index contributed by atoms with van der Waals surface area (Å²) in [6, 6.07) is 66.6. The molecule has 13 rings (SSSR count). The topological polar surface area (TPSA) is 6.48 Å². The molecule has 4 heterocycles. The second kappa shape index (κ2) is 13.2. The van der Waals surface area contributed by atoms with Crippen molar-refractivity contribution in [2.45, 2.75) is 33.1 Å². The number of thiophene rings is 2. The van der Waals surface area contributed by atoms with E-state index in [0.717, 1.165) is 0 Å². The molecule has 2 aromatic heterocycles. The van der Waals surface area contributed by atoms with E-state index in [1.54, 1.807) is 0 Å². The molecular formula is C57H41BN2S2. The molecule has 0 bridgehead atoms. The number of fused-ring (bicyclic) bond motifs is 12. The van der Waals surface area contributed by atoms with E-state index in [1.807, 2.05) is 22.7 Å². The zero-order valence-electron chi connectivity index (χ0n) is 35.0. The molecule has 2 aliphatic rings. The molecule has 9 aromatic carbocycles. The Kier molecular flexibility index (Phi) is 7.66. The Hall–Kier alpha value is -6.66. The molecule has 0 amide bonds. The minimum Gasteiger partial charge on any atom is -0.376 e. The number of aryl methyl sites for hydroxylation is 1. The first-order chi connectivity index (χ1) is 30.3. The van der Waals surface area contributed by atoms with Crippen LogP contribution in [0.4, 0.5) is 28.4 Å². The van der Waals surface area contributed by atoms with Crippen LogP contribution in [0.5, 0.6) is 0 Å². The number of rotatable bonds is 3. The van der Waals surface area contributed by atoms with E-state index in [4.69, 9.17) is 0 Å². The highest BCUT2D eigenvalue weighted by Crippen LogP contribution is 2.53. The lowest BCUT2D eigenvalue weighted by molar-refractivity contribution is 0.590. The first-order valence-electron chi connectivity index (χ1n) is 21.6.